The van der Waals surface area contributed by atoms with Crippen LogP contribution in [0.4, 0.5) is 0 Å². The number of carbonyl (C=O) groups excluding carboxylic acids is 1. The Labute approximate surface area is 116 Å². The minimum absolute atomic E-state index is 0.0419. The van der Waals surface area contributed by atoms with Crippen LogP contribution in [0.15, 0.2) is 12.5 Å². The van der Waals surface area contributed by atoms with Crippen LogP contribution < -0.4 is 5.32 Å². The van der Waals surface area contributed by atoms with Gasteiger partial charge in [-0.15, -0.1) is 11.3 Å². The van der Waals surface area contributed by atoms with E-state index in [1.54, 1.807) is 35.5 Å². The van der Waals surface area contributed by atoms with Crippen molar-refractivity contribution >= 4 is 17.2 Å². The zero-order valence-electron chi connectivity index (χ0n) is 11.6. The van der Waals surface area contributed by atoms with Crippen LogP contribution in [0.3, 0.4) is 0 Å². The Morgan fingerprint density at radius 3 is 2.74 bits per heavy atom. The molecule has 0 saturated heterocycles. The van der Waals surface area contributed by atoms with Crippen LogP contribution in [0.5, 0.6) is 0 Å². The van der Waals surface area contributed by atoms with Gasteiger partial charge in [0.1, 0.15) is 10.7 Å². The first-order valence-electron chi connectivity index (χ1n) is 6.24. The third-order valence-electron chi connectivity index (χ3n) is 3.11. The third kappa shape index (κ3) is 2.84. The highest BCUT2D eigenvalue weighted by Gasteiger charge is 2.19. The monoisotopic (exact) mass is 278 g/mol. The molecule has 6 heteroatoms. The highest BCUT2D eigenvalue weighted by atomic mass is 32.1. The molecule has 102 valence electrons. The molecule has 0 aliphatic heterocycles. The highest BCUT2D eigenvalue weighted by molar-refractivity contribution is 7.11. The molecule has 0 aromatic carbocycles. The molecule has 19 heavy (non-hydrogen) atoms. The third-order valence-corrected chi connectivity index (χ3v) is 4.29. The lowest BCUT2D eigenvalue weighted by Gasteiger charge is -2.14. The Morgan fingerprint density at radius 1 is 1.53 bits per heavy atom. The molecule has 2 rings (SSSR count). The molecule has 0 bridgehead atoms. The van der Waals surface area contributed by atoms with Gasteiger partial charge in [-0.05, 0) is 20.3 Å². The quantitative estimate of drug-likeness (QED) is 0.934. The van der Waals surface area contributed by atoms with Crippen molar-refractivity contribution in [2.24, 2.45) is 7.05 Å². The van der Waals surface area contributed by atoms with Crippen LogP contribution >= 0.6 is 11.3 Å². The number of nitrogens with one attached hydrogen (secondary N) is 1. The Kier molecular flexibility index (Phi) is 3.99. The Bertz CT molecular complexity index is 568. The molecule has 2 aromatic rings. The van der Waals surface area contributed by atoms with Crippen LogP contribution in [0.2, 0.25) is 0 Å². The number of aromatic nitrogens is 3. The van der Waals surface area contributed by atoms with E-state index in [4.69, 9.17) is 0 Å². The molecule has 0 fully saturated rings. The smallest absolute Gasteiger partial charge is 0.270 e. The second-order valence-corrected chi connectivity index (χ2v) is 5.75. The van der Waals surface area contributed by atoms with Crippen molar-refractivity contribution in [1.29, 1.82) is 0 Å². The summed E-state index contributed by atoms with van der Waals surface area (Å²) in [6.45, 7) is 6.08. The predicted octanol–water partition coefficient (Wildman–Crippen LogP) is 2.37. The van der Waals surface area contributed by atoms with E-state index >= 15 is 0 Å². The first kappa shape index (κ1) is 13.7. The fourth-order valence-electron chi connectivity index (χ4n) is 1.79. The average molecular weight is 278 g/mol. The topological polar surface area (TPSA) is 59.8 Å². The fraction of sp³-hybridized carbons (Fsp3) is 0.462. The lowest BCUT2D eigenvalue weighted by atomic mass is 10.2. The van der Waals surface area contributed by atoms with E-state index in [1.165, 1.54) is 4.88 Å². The van der Waals surface area contributed by atoms with Gasteiger partial charge in [0.05, 0.1) is 24.3 Å². The molecular weight excluding hydrogens is 260 g/mol. The van der Waals surface area contributed by atoms with Gasteiger partial charge in [0, 0.05) is 11.9 Å². The number of hydrogen-bond donors (Lipinski definition) is 1. The van der Waals surface area contributed by atoms with Crippen molar-refractivity contribution in [2.45, 2.75) is 33.2 Å². The molecule has 0 spiro atoms. The molecule has 0 unspecified atom stereocenters. The van der Waals surface area contributed by atoms with Crippen molar-refractivity contribution in [3.8, 4) is 0 Å². The van der Waals surface area contributed by atoms with Crippen molar-refractivity contribution in [1.82, 2.24) is 19.9 Å². The molecule has 1 N–H and O–H groups in total. The Hall–Kier alpha value is -1.69. The molecule has 0 radical (unpaired) electrons. The first-order chi connectivity index (χ1) is 9.02. The Morgan fingerprint density at radius 2 is 2.26 bits per heavy atom. The summed E-state index contributed by atoms with van der Waals surface area (Å²) in [4.78, 5) is 21.8. The molecule has 1 atom stereocenters. The van der Waals surface area contributed by atoms with Crippen LogP contribution in [-0.2, 0) is 7.05 Å². The summed E-state index contributed by atoms with van der Waals surface area (Å²) in [5.41, 5.74) is 1.59. The summed E-state index contributed by atoms with van der Waals surface area (Å²) in [7, 11) is 1.81. The Balaban J connectivity index is 2.16. The van der Waals surface area contributed by atoms with Crippen LogP contribution in [0, 0.1) is 13.8 Å². The summed E-state index contributed by atoms with van der Waals surface area (Å²) in [5.74, 6) is -0.114. The minimum atomic E-state index is -0.114. The number of thiazole rings is 1. The van der Waals surface area contributed by atoms with E-state index in [0.29, 0.717) is 5.69 Å². The first-order valence-corrected chi connectivity index (χ1v) is 7.05. The molecule has 5 nitrogen and oxygen atoms in total. The largest absolute Gasteiger partial charge is 0.341 e. The maximum atomic E-state index is 12.2. The van der Waals surface area contributed by atoms with Gasteiger partial charge >= 0.3 is 0 Å². The lowest BCUT2D eigenvalue weighted by Crippen LogP contribution is -2.29. The second-order valence-electron chi connectivity index (χ2n) is 4.52. The molecule has 0 aliphatic rings. The lowest BCUT2D eigenvalue weighted by molar-refractivity contribution is 0.0927. The van der Waals surface area contributed by atoms with Crippen LogP contribution in [0.1, 0.15) is 45.5 Å². The number of rotatable bonds is 4. The molecule has 2 heterocycles. The summed E-state index contributed by atoms with van der Waals surface area (Å²) in [6.07, 6.45) is 4.00. The van der Waals surface area contributed by atoms with E-state index < -0.39 is 0 Å². The number of carbonyl (C=O) groups is 1. The van der Waals surface area contributed by atoms with E-state index in [0.717, 1.165) is 17.1 Å². The zero-order chi connectivity index (χ0) is 14.0. The number of imidazole rings is 1. The van der Waals surface area contributed by atoms with Gasteiger partial charge in [-0.3, -0.25) is 4.79 Å². The molecule has 2 aromatic heterocycles. The van der Waals surface area contributed by atoms with E-state index in [2.05, 4.69) is 15.3 Å². The minimum Gasteiger partial charge on any atom is -0.341 e. The number of aryl methyl sites for hydroxylation is 3. The fourth-order valence-corrected chi connectivity index (χ4v) is 2.85. The van der Waals surface area contributed by atoms with Gasteiger partial charge in [0.25, 0.3) is 5.91 Å². The van der Waals surface area contributed by atoms with Crippen molar-refractivity contribution in [3.63, 3.8) is 0 Å². The summed E-state index contributed by atoms with van der Waals surface area (Å²) in [6, 6.07) is -0.0419. The van der Waals surface area contributed by atoms with E-state index in [-0.39, 0.29) is 11.9 Å². The van der Waals surface area contributed by atoms with Gasteiger partial charge in [-0.2, -0.15) is 0 Å². The number of nitrogens with zero attached hydrogens (tertiary/aromatic N) is 3. The van der Waals surface area contributed by atoms with E-state index in [1.807, 2.05) is 20.8 Å². The van der Waals surface area contributed by atoms with Crippen molar-refractivity contribution in [2.75, 3.05) is 0 Å². The van der Waals surface area contributed by atoms with Gasteiger partial charge in [0.15, 0.2) is 0 Å². The van der Waals surface area contributed by atoms with Gasteiger partial charge < -0.3 is 9.88 Å². The number of hydrogen-bond acceptors (Lipinski definition) is 4. The second kappa shape index (κ2) is 5.52. The van der Waals surface area contributed by atoms with E-state index in [9.17, 15) is 4.79 Å². The van der Waals surface area contributed by atoms with Crippen LogP contribution in [0.25, 0.3) is 0 Å². The van der Waals surface area contributed by atoms with Gasteiger partial charge in [-0.1, -0.05) is 6.92 Å². The SMILES string of the molecule is CC[C@@H](NC(=O)c1cncn1C)c1nc(C)c(C)s1. The summed E-state index contributed by atoms with van der Waals surface area (Å²) in [5, 5.41) is 3.98. The maximum absolute atomic E-state index is 12.2. The normalized spacial score (nSPS) is 12.4. The number of amides is 1. The standard InChI is InChI=1S/C13H18N4OS/c1-5-10(13-15-8(2)9(3)19-13)16-12(18)11-6-14-7-17(11)4/h6-7,10H,5H2,1-4H3,(H,16,18)/t10-/m1/s1. The maximum Gasteiger partial charge on any atom is 0.270 e. The van der Waals surface area contributed by atoms with Gasteiger partial charge in [-0.25, -0.2) is 9.97 Å². The summed E-state index contributed by atoms with van der Waals surface area (Å²) >= 11 is 1.64. The summed E-state index contributed by atoms with van der Waals surface area (Å²) < 4.78 is 1.71. The average Bonchev–Trinajstić information content (AvgIpc) is 2.93. The van der Waals surface area contributed by atoms with Crippen LogP contribution in [-0.4, -0.2) is 20.4 Å². The van der Waals surface area contributed by atoms with Crippen molar-refractivity contribution in [3.05, 3.63) is 33.8 Å². The molecular formula is C13H18N4OS. The van der Waals surface area contributed by atoms with Crippen molar-refractivity contribution < 1.29 is 4.79 Å². The molecule has 0 saturated carbocycles. The molecule has 1 amide bonds. The molecule has 0 aliphatic carbocycles. The van der Waals surface area contributed by atoms with Gasteiger partial charge in [0.2, 0.25) is 0 Å². The predicted molar refractivity (Wildman–Crippen MR) is 75.3 cm³/mol. The highest BCUT2D eigenvalue weighted by Crippen LogP contribution is 2.25. The zero-order valence-corrected chi connectivity index (χ0v) is 12.4.